The molecule has 1 aliphatic rings. The molecule has 0 amide bonds. The van der Waals surface area contributed by atoms with E-state index < -0.39 is 0 Å². The van der Waals surface area contributed by atoms with Crippen LogP contribution in [0.2, 0.25) is 0 Å². The zero-order valence-electron chi connectivity index (χ0n) is 17.0. The van der Waals surface area contributed by atoms with Gasteiger partial charge >= 0.3 is 5.97 Å². The Morgan fingerprint density at radius 3 is 2.79 bits per heavy atom. The first-order chi connectivity index (χ1) is 13.9. The Bertz CT molecular complexity index is 897. The first kappa shape index (κ1) is 20.8. The fraction of sp³-hybridized carbons (Fsp3) is 0.409. The van der Waals surface area contributed by atoms with Gasteiger partial charge in [0.1, 0.15) is 11.6 Å². The number of hydrogen-bond donors (Lipinski definition) is 5. The molecule has 0 spiro atoms. The summed E-state index contributed by atoms with van der Waals surface area (Å²) in [7, 11) is 1.41. The summed E-state index contributed by atoms with van der Waals surface area (Å²) in [4.78, 5) is 14.6. The molecular weight excluding hydrogens is 368 g/mol. The molecule has 0 atom stereocenters. The number of benzene rings is 1. The van der Waals surface area contributed by atoms with Crippen LogP contribution in [0.5, 0.6) is 5.75 Å². The first-order valence-electron chi connectivity index (χ1n) is 9.93. The molecule has 156 valence electrons. The Morgan fingerprint density at radius 1 is 1.41 bits per heavy atom. The van der Waals surface area contributed by atoms with Crippen LogP contribution in [0.3, 0.4) is 0 Å². The largest absolute Gasteiger partial charge is 0.507 e. The van der Waals surface area contributed by atoms with Crippen molar-refractivity contribution in [3.63, 3.8) is 0 Å². The summed E-state index contributed by atoms with van der Waals surface area (Å²) in [6, 6.07) is 8.99. The number of phenolic OH excluding ortho intramolecular Hbond substituents is 1. The molecule has 1 fully saturated rings. The number of carbonyl (C=O) groups is 1. The van der Waals surface area contributed by atoms with E-state index in [1.165, 1.54) is 7.11 Å². The SMILES string of the molecule is CCC1(NCCC(=O)OC)CC(c2cc(/C=C(\N)c3ccccc3O)c(N)[nH]2)C1. The van der Waals surface area contributed by atoms with E-state index in [-0.39, 0.29) is 17.3 Å². The van der Waals surface area contributed by atoms with Crippen LogP contribution in [0.1, 0.15) is 55.3 Å². The zero-order chi connectivity index (χ0) is 21.0. The summed E-state index contributed by atoms with van der Waals surface area (Å²) in [5.41, 5.74) is 15.3. The predicted octanol–water partition coefficient (Wildman–Crippen LogP) is 2.94. The third-order valence-electron chi connectivity index (χ3n) is 5.87. The highest BCUT2D eigenvalue weighted by Crippen LogP contribution is 2.47. The van der Waals surface area contributed by atoms with Crippen molar-refractivity contribution in [3.05, 3.63) is 47.2 Å². The Kier molecular flexibility index (Phi) is 6.17. The molecule has 1 heterocycles. The molecule has 1 aliphatic carbocycles. The van der Waals surface area contributed by atoms with Crippen LogP contribution in [0.4, 0.5) is 5.82 Å². The lowest BCUT2D eigenvalue weighted by atomic mass is 9.65. The maximum atomic E-state index is 11.3. The highest BCUT2D eigenvalue weighted by molar-refractivity contribution is 5.84. The first-order valence-corrected chi connectivity index (χ1v) is 9.93. The molecule has 29 heavy (non-hydrogen) atoms. The van der Waals surface area contributed by atoms with Crippen molar-refractivity contribution >= 4 is 23.6 Å². The van der Waals surface area contributed by atoms with Crippen LogP contribution in [0, 0.1) is 0 Å². The Morgan fingerprint density at radius 2 is 2.14 bits per heavy atom. The van der Waals surface area contributed by atoms with Gasteiger partial charge in [-0.25, -0.2) is 0 Å². The number of carbonyl (C=O) groups excluding carboxylic acids is 1. The number of H-pyrrole nitrogens is 1. The van der Waals surface area contributed by atoms with Crippen LogP contribution >= 0.6 is 0 Å². The van der Waals surface area contributed by atoms with E-state index in [4.69, 9.17) is 16.2 Å². The quantitative estimate of drug-likeness (QED) is 0.435. The standard InChI is InChI=1S/C22H30N4O3/c1-3-22(25-9-8-20(28)29-2)12-15(13-22)18-11-14(21(24)26-18)10-17(23)16-6-4-5-7-19(16)27/h4-7,10-11,15,25-27H,3,8-9,12-13,23-24H2,1-2H3/b17-10-. The lowest BCUT2D eigenvalue weighted by Crippen LogP contribution is -2.54. The van der Waals surface area contributed by atoms with Crippen molar-refractivity contribution in [3.8, 4) is 5.75 Å². The number of aromatic hydroxyl groups is 1. The van der Waals surface area contributed by atoms with E-state index >= 15 is 0 Å². The highest BCUT2D eigenvalue weighted by atomic mass is 16.5. The number of aromatic amines is 1. The third kappa shape index (κ3) is 4.56. The van der Waals surface area contributed by atoms with Crippen molar-refractivity contribution in [2.45, 2.75) is 44.1 Å². The highest BCUT2D eigenvalue weighted by Gasteiger charge is 2.43. The number of methoxy groups -OCH3 is 1. The van der Waals surface area contributed by atoms with Crippen LogP contribution < -0.4 is 16.8 Å². The molecule has 7 heteroatoms. The molecule has 7 nitrogen and oxygen atoms in total. The normalized spacial score (nSPS) is 21.6. The van der Waals surface area contributed by atoms with Crippen LogP contribution in [0.25, 0.3) is 11.8 Å². The lowest BCUT2D eigenvalue weighted by Gasteiger charge is -2.48. The third-order valence-corrected chi connectivity index (χ3v) is 5.87. The van der Waals surface area contributed by atoms with Gasteiger partial charge in [0.2, 0.25) is 0 Å². The molecule has 0 radical (unpaired) electrons. The topological polar surface area (TPSA) is 126 Å². The molecule has 1 aromatic heterocycles. The molecule has 0 unspecified atom stereocenters. The smallest absolute Gasteiger partial charge is 0.306 e. The minimum absolute atomic E-state index is 0.0451. The summed E-state index contributed by atoms with van der Waals surface area (Å²) in [6.45, 7) is 2.77. The number of rotatable bonds is 8. The number of anilines is 1. The monoisotopic (exact) mass is 398 g/mol. The number of ether oxygens (including phenoxy) is 1. The van der Waals surface area contributed by atoms with Crippen molar-refractivity contribution in [2.24, 2.45) is 5.73 Å². The number of nitrogens with one attached hydrogen (secondary N) is 2. The predicted molar refractivity (Wildman–Crippen MR) is 115 cm³/mol. The Balaban J connectivity index is 1.66. The summed E-state index contributed by atoms with van der Waals surface area (Å²) in [5.74, 6) is 0.873. The molecule has 0 bridgehead atoms. The Labute approximate surface area is 171 Å². The van der Waals surface area contributed by atoms with Gasteiger partial charge in [0.25, 0.3) is 0 Å². The van der Waals surface area contributed by atoms with E-state index in [1.54, 1.807) is 24.3 Å². The van der Waals surface area contributed by atoms with Crippen molar-refractivity contribution in [2.75, 3.05) is 19.4 Å². The van der Waals surface area contributed by atoms with Gasteiger partial charge in [-0.05, 0) is 43.5 Å². The van der Waals surface area contributed by atoms with Gasteiger partial charge in [-0.1, -0.05) is 19.1 Å². The second-order valence-corrected chi connectivity index (χ2v) is 7.70. The van der Waals surface area contributed by atoms with E-state index in [1.807, 2.05) is 12.1 Å². The average molecular weight is 399 g/mol. The second kappa shape index (κ2) is 8.61. The van der Waals surface area contributed by atoms with E-state index in [2.05, 4.69) is 17.2 Å². The molecule has 2 aromatic rings. The lowest BCUT2D eigenvalue weighted by molar-refractivity contribution is -0.140. The van der Waals surface area contributed by atoms with Gasteiger partial charge < -0.3 is 31.6 Å². The van der Waals surface area contributed by atoms with E-state index in [0.717, 1.165) is 30.5 Å². The summed E-state index contributed by atoms with van der Waals surface area (Å²) < 4.78 is 4.70. The van der Waals surface area contributed by atoms with Gasteiger partial charge in [0.15, 0.2) is 0 Å². The summed E-state index contributed by atoms with van der Waals surface area (Å²) in [6.07, 6.45) is 5.10. The van der Waals surface area contributed by atoms with Crippen LogP contribution in [0.15, 0.2) is 30.3 Å². The summed E-state index contributed by atoms with van der Waals surface area (Å²) >= 11 is 0. The molecule has 1 saturated carbocycles. The van der Waals surface area contributed by atoms with Crippen LogP contribution in [-0.2, 0) is 9.53 Å². The fourth-order valence-electron chi connectivity index (χ4n) is 4.00. The Hall–Kier alpha value is -2.93. The average Bonchev–Trinajstić information content (AvgIpc) is 3.03. The number of nitrogens with two attached hydrogens (primary N) is 2. The fourth-order valence-corrected chi connectivity index (χ4v) is 4.00. The molecule has 1 aromatic carbocycles. The second-order valence-electron chi connectivity index (χ2n) is 7.70. The molecule has 0 saturated heterocycles. The number of para-hydroxylation sites is 1. The van der Waals surface area contributed by atoms with Gasteiger partial charge in [-0.15, -0.1) is 0 Å². The summed E-state index contributed by atoms with van der Waals surface area (Å²) in [5, 5.41) is 13.5. The minimum Gasteiger partial charge on any atom is -0.507 e. The van der Waals surface area contributed by atoms with Gasteiger partial charge in [-0.2, -0.15) is 0 Å². The van der Waals surface area contributed by atoms with Gasteiger partial charge in [0, 0.05) is 40.5 Å². The number of hydrogen-bond acceptors (Lipinski definition) is 6. The molecule has 0 aliphatic heterocycles. The van der Waals surface area contributed by atoms with Crippen molar-refractivity contribution in [1.82, 2.24) is 10.3 Å². The van der Waals surface area contributed by atoms with Crippen molar-refractivity contribution in [1.29, 1.82) is 0 Å². The number of phenols is 1. The van der Waals surface area contributed by atoms with Crippen molar-refractivity contribution < 1.29 is 14.6 Å². The molecule has 3 rings (SSSR count). The van der Waals surface area contributed by atoms with Gasteiger partial charge in [0.05, 0.1) is 13.5 Å². The zero-order valence-corrected chi connectivity index (χ0v) is 17.0. The minimum atomic E-state index is -0.199. The molecule has 7 N–H and O–H groups in total. The number of nitrogen functional groups attached to an aromatic ring is 1. The molecular formula is C22H30N4O3. The van der Waals surface area contributed by atoms with E-state index in [0.29, 0.717) is 36.0 Å². The van der Waals surface area contributed by atoms with Crippen LogP contribution in [-0.4, -0.2) is 35.3 Å². The maximum Gasteiger partial charge on any atom is 0.306 e. The maximum absolute atomic E-state index is 11.3. The number of aromatic nitrogens is 1. The van der Waals surface area contributed by atoms with Gasteiger partial charge in [-0.3, -0.25) is 4.79 Å². The van der Waals surface area contributed by atoms with E-state index in [9.17, 15) is 9.90 Å². The number of esters is 1.